The molecule has 0 radical (unpaired) electrons. The monoisotopic (exact) mass is 882 g/mol. The summed E-state index contributed by atoms with van der Waals surface area (Å²) in [7, 11) is 0. The van der Waals surface area contributed by atoms with Crippen molar-refractivity contribution in [2.75, 3.05) is 0 Å². The Balaban J connectivity index is 2.45. The van der Waals surface area contributed by atoms with Crippen molar-refractivity contribution in [3.05, 3.63) is 65.7 Å². The molecule has 2 rings (SSSR count). The smallest absolute Gasteiger partial charge is 0.326 e. The molecule has 2 aromatic carbocycles. The van der Waals surface area contributed by atoms with Gasteiger partial charge in [0.25, 0.3) is 0 Å². The number of carboxylic acids is 2. The zero-order valence-electron chi connectivity index (χ0n) is 36.2. The number of aromatic hydroxyl groups is 1. The van der Waals surface area contributed by atoms with Crippen LogP contribution in [0.2, 0.25) is 0 Å². The number of phenolic OH excluding ortho intramolecular Hbond substituents is 1. The van der Waals surface area contributed by atoms with Crippen LogP contribution in [0.5, 0.6) is 5.75 Å². The van der Waals surface area contributed by atoms with Gasteiger partial charge in [-0.05, 0) is 67.7 Å². The summed E-state index contributed by atoms with van der Waals surface area (Å²) in [5, 5.41) is 43.9. The summed E-state index contributed by atoms with van der Waals surface area (Å²) in [5.74, 6) is -8.97. The third-order valence-electron chi connectivity index (χ3n) is 9.59. The molecule has 0 fully saturated rings. The molecule has 346 valence electrons. The molecule has 0 saturated heterocycles. The average molecular weight is 883 g/mol. The Hall–Kier alpha value is -6.57. The summed E-state index contributed by atoms with van der Waals surface area (Å²) >= 11 is 0. The molecule has 0 aromatic heterocycles. The lowest BCUT2D eigenvalue weighted by Crippen LogP contribution is -2.60. The maximum Gasteiger partial charge on any atom is 0.326 e. The topological polar surface area (TPSA) is 339 Å². The largest absolute Gasteiger partial charge is 0.508 e. The summed E-state index contributed by atoms with van der Waals surface area (Å²) in [6.45, 7) is 8.69. The zero-order chi connectivity index (χ0) is 47.4. The summed E-state index contributed by atoms with van der Waals surface area (Å²) in [5.41, 5.74) is 12.2. The number of carbonyl (C=O) groups excluding carboxylic acids is 7. The van der Waals surface area contributed by atoms with Crippen LogP contribution in [0.3, 0.4) is 0 Å². The van der Waals surface area contributed by atoms with Gasteiger partial charge in [-0.2, -0.15) is 0 Å². The second kappa shape index (κ2) is 26.0. The number of carboxylic acid groups (broad SMARTS) is 2. The SMILES string of the molecule is CC(C)C[C@H](NC(=O)[C@H](Cc1ccccc1)NC(=O)[C@H](C)N)C(=O)N[C@@H](CC(C)C)C(=O)N[C@@H](Cc1ccc(O)cc1)C(=O)N[C@@H](CCC(N)=O)C(=O)N[C@@H](CCC(=O)O)C(=O)O. The van der Waals surface area contributed by atoms with Gasteiger partial charge in [-0.1, -0.05) is 70.2 Å². The zero-order valence-corrected chi connectivity index (χ0v) is 36.2. The molecule has 0 heterocycles. The van der Waals surface area contributed by atoms with Crippen molar-refractivity contribution in [2.24, 2.45) is 23.3 Å². The number of primary amides is 1. The number of carbonyl (C=O) groups is 9. The normalized spacial score (nSPS) is 14.4. The number of rotatable bonds is 27. The van der Waals surface area contributed by atoms with E-state index < -0.39 is 121 Å². The molecular weight excluding hydrogens is 821 g/mol. The fraction of sp³-hybridized carbons (Fsp3) is 0.512. The fourth-order valence-electron chi connectivity index (χ4n) is 6.29. The van der Waals surface area contributed by atoms with Gasteiger partial charge >= 0.3 is 11.9 Å². The second-order valence-corrected chi connectivity index (χ2v) is 16.3. The average Bonchev–Trinajstić information content (AvgIpc) is 3.20. The molecule has 0 aliphatic rings. The lowest BCUT2D eigenvalue weighted by Gasteiger charge is -2.28. The van der Waals surface area contributed by atoms with Gasteiger partial charge in [-0.3, -0.25) is 38.4 Å². The standard InChI is InChI=1S/C43H62N8O12/c1-23(2)19-31(50-42(61)33(48-37(56)25(5)44)21-26-9-7-6-8-10-26)39(58)49-32(20-24(3)4)40(59)51-34(22-27-11-13-28(52)14-12-27)41(60)46-29(15-17-35(45)53)38(57)47-30(43(62)63)16-18-36(54)55/h6-14,23-25,29-34,52H,15-22,44H2,1-5H3,(H2,45,53)(H,46,60)(H,47,57)(H,48,56)(H,49,58)(H,50,61)(H,51,59)(H,54,55)(H,62,63)/t25-,29-,30-,31-,32-,33-,34-/m0/s1. The number of nitrogens with one attached hydrogen (secondary N) is 6. The van der Waals surface area contributed by atoms with Crippen LogP contribution in [0.1, 0.15) is 84.3 Å². The molecule has 2 aromatic rings. The fourth-order valence-corrected chi connectivity index (χ4v) is 6.29. The number of aliphatic carboxylic acids is 2. The first kappa shape index (κ1) is 52.6. The van der Waals surface area contributed by atoms with Crippen molar-refractivity contribution in [1.82, 2.24) is 31.9 Å². The minimum absolute atomic E-state index is 0.0606. The van der Waals surface area contributed by atoms with Gasteiger partial charge in [-0.25, -0.2) is 4.79 Å². The van der Waals surface area contributed by atoms with E-state index in [4.69, 9.17) is 16.6 Å². The minimum atomic E-state index is -1.66. The van der Waals surface area contributed by atoms with Gasteiger partial charge in [0.1, 0.15) is 42.0 Å². The summed E-state index contributed by atoms with van der Waals surface area (Å²) in [6, 6.07) is 5.31. The van der Waals surface area contributed by atoms with Crippen molar-refractivity contribution in [3.8, 4) is 5.75 Å². The van der Waals surface area contributed by atoms with Crippen molar-refractivity contribution >= 4 is 53.3 Å². The highest BCUT2D eigenvalue weighted by Gasteiger charge is 2.34. The number of benzene rings is 2. The summed E-state index contributed by atoms with van der Waals surface area (Å²) in [6.07, 6.45) is -1.86. The molecule has 20 heteroatoms. The molecule has 0 unspecified atom stereocenters. The van der Waals surface area contributed by atoms with Crippen LogP contribution in [-0.4, -0.2) is 111 Å². The predicted octanol–water partition coefficient (Wildman–Crippen LogP) is -0.259. The molecule has 13 N–H and O–H groups in total. The molecule has 0 bridgehead atoms. The number of hydrogen-bond acceptors (Lipinski definition) is 11. The first-order chi connectivity index (χ1) is 29.6. The van der Waals surface area contributed by atoms with Crippen LogP contribution in [0, 0.1) is 11.8 Å². The molecule has 0 saturated carbocycles. The van der Waals surface area contributed by atoms with Gasteiger partial charge in [0.2, 0.25) is 41.4 Å². The van der Waals surface area contributed by atoms with E-state index in [0.717, 1.165) is 5.56 Å². The predicted molar refractivity (Wildman–Crippen MR) is 229 cm³/mol. The van der Waals surface area contributed by atoms with E-state index in [9.17, 15) is 53.4 Å². The summed E-state index contributed by atoms with van der Waals surface area (Å²) < 4.78 is 0. The van der Waals surface area contributed by atoms with Gasteiger partial charge in [0, 0.05) is 25.7 Å². The van der Waals surface area contributed by atoms with E-state index in [1.165, 1.54) is 31.2 Å². The van der Waals surface area contributed by atoms with E-state index in [-0.39, 0.29) is 43.3 Å². The van der Waals surface area contributed by atoms with Gasteiger partial charge in [0.15, 0.2) is 0 Å². The number of nitrogens with two attached hydrogens (primary N) is 2. The van der Waals surface area contributed by atoms with Gasteiger partial charge < -0.3 is 58.7 Å². The third kappa shape index (κ3) is 19.8. The van der Waals surface area contributed by atoms with Crippen LogP contribution >= 0.6 is 0 Å². The molecule has 20 nitrogen and oxygen atoms in total. The Labute approximate surface area is 366 Å². The van der Waals surface area contributed by atoms with Crippen molar-refractivity contribution in [2.45, 2.75) is 128 Å². The Morgan fingerprint density at radius 2 is 0.889 bits per heavy atom. The first-order valence-corrected chi connectivity index (χ1v) is 20.7. The second-order valence-electron chi connectivity index (χ2n) is 16.3. The highest BCUT2D eigenvalue weighted by atomic mass is 16.4. The Morgan fingerprint density at radius 3 is 1.32 bits per heavy atom. The Kier molecular flexibility index (Phi) is 21.7. The molecule has 0 aliphatic heterocycles. The Morgan fingerprint density at radius 1 is 0.508 bits per heavy atom. The molecule has 7 atom stereocenters. The van der Waals surface area contributed by atoms with Crippen LogP contribution in [-0.2, 0) is 56.0 Å². The van der Waals surface area contributed by atoms with E-state index in [0.29, 0.717) is 5.56 Å². The van der Waals surface area contributed by atoms with E-state index in [1.54, 1.807) is 44.2 Å². The number of phenols is 1. The minimum Gasteiger partial charge on any atom is -0.508 e. The van der Waals surface area contributed by atoms with E-state index in [1.807, 2.05) is 13.8 Å². The van der Waals surface area contributed by atoms with E-state index in [2.05, 4.69) is 31.9 Å². The summed E-state index contributed by atoms with van der Waals surface area (Å²) in [4.78, 5) is 117. The molecule has 63 heavy (non-hydrogen) atoms. The van der Waals surface area contributed by atoms with Crippen LogP contribution in [0.4, 0.5) is 0 Å². The number of amides is 7. The molecular formula is C43H62N8O12. The van der Waals surface area contributed by atoms with Crippen LogP contribution in [0.15, 0.2) is 54.6 Å². The maximum atomic E-state index is 14.2. The first-order valence-electron chi connectivity index (χ1n) is 20.7. The number of hydrogen-bond donors (Lipinski definition) is 11. The lowest BCUT2D eigenvalue weighted by molar-refractivity contribution is -0.143. The van der Waals surface area contributed by atoms with E-state index >= 15 is 0 Å². The van der Waals surface area contributed by atoms with Crippen molar-refractivity contribution in [3.63, 3.8) is 0 Å². The molecule has 0 spiro atoms. The van der Waals surface area contributed by atoms with Gasteiger partial charge in [0.05, 0.1) is 6.04 Å². The van der Waals surface area contributed by atoms with Crippen LogP contribution < -0.4 is 43.4 Å². The van der Waals surface area contributed by atoms with Crippen molar-refractivity contribution in [1.29, 1.82) is 0 Å². The molecule has 7 amide bonds. The lowest BCUT2D eigenvalue weighted by atomic mass is 9.98. The third-order valence-corrected chi connectivity index (χ3v) is 9.59. The Bertz CT molecular complexity index is 1890. The highest BCUT2D eigenvalue weighted by Crippen LogP contribution is 2.15. The highest BCUT2D eigenvalue weighted by molar-refractivity contribution is 5.97. The van der Waals surface area contributed by atoms with Gasteiger partial charge in [-0.15, -0.1) is 0 Å². The quantitative estimate of drug-likeness (QED) is 0.0552. The van der Waals surface area contributed by atoms with Crippen LogP contribution in [0.25, 0.3) is 0 Å². The molecule has 0 aliphatic carbocycles. The maximum absolute atomic E-state index is 14.2. The van der Waals surface area contributed by atoms with Crippen molar-refractivity contribution < 1.29 is 58.5 Å².